The average molecular weight is 268 g/mol. The SMILES string of the molecule is Cn1cnc2nc(Cl)nc(SC#CCCN)c21. The summed E-state index contributed by atoms with van der Waals surface area (Å²) in [6.45, 7) is 0.555. The molecule has 2 rings (SSSR count). The molecular formula is C10H10ClN5S. The van der Waals surface area contributed by atoms with Gasteiger partial charge in [0.1, 0.15) is 10.5 Å². The van der Waals surface area contributed by atoms with E-state index in [9.17, 15) is 0 Å². The van der Waals surface area contributed by atoms with Gasteiger partial charge < -0.3 is 10.3 Å². The maximum Gasteiger partial charge on any atom is 0.225 e. The second-order valence-electron chi connectivity index (χ2n) is 3.25. The van der Waals surface area contributed by atoms with Crippen LogP contribution >= 0.6 is 23.4 Å². The van der Waals surface area contributed by atoms with E-state index >= 15 is 0 Å². The molecule has 0 aliphatic heterocycles. The number of rotatable bonds is 2. The van der Waals surface area contributed by atoms with Crippen LogP contribution in [0.25, 0.3) is 11.2 Å². The summed E-state index contributed by atoms with van der Waals surface area (Å²) >= 11 is 7.13. The molecule has 2 N–H and O–H groups in total. The van der Waals surface area contributed by atoms with E-state index in [1.165, 1.54) is 11.8 Å². The molecular weight excluding hydrogens is 258 g/mol. The molecule has 2 aromatic heterocycles. The van der Waals surface area contributed by atoms with Crippen LogP contribution in [0.15, 0.2) is 11.4 Å². The van der Waals surface area contributed by atoms with E-state index in [2.05, 4.69) is 26.1 Å². The van der Waals surface area contributed by atoms with Crippen LogP contribution in [0, 0.1) is 11.2 Å². The van der Waals surface area contributed by atoms with Crippen molar-refractivity contribution in [3.05, 3.63) is 11.6 Å². The van der Waals surface area contributed by atoms with Crippen molar-refractivity contribution in [1.29, 1.82) is 0 Å². The van der Waals surface area contributed by atoms with Crippen LogP contribution in [0.4, 0.5) is 0 Å². The van der Waals surface area contributed by atoms with E-state index in [1.807, 2.05) is 11.6 Å². The Labute approximate surface area is 108 Å². The summed E-state index contributed by atoms with van der Waals surface area (Å²) < 4.78 is 1.85. The Balaban J connectivity index is 2.39. The monoisotopic (exact) mass is 267 g/mol. The van der Waals surface area contributed by atoms with Gasteiger partial charge in [0.15, 0.2) is 5.65 Å². The zero-order valence-corrected chi connectivity index (χ0v) is 10.7. The molecule has 0 amide bonds. The molecule has 0 bridgehead atoms. The number of hydrogen-bond acceptors (Lipinski definition) is 5. The Bertz CT molecular complexity index is 598. The molecule has 5 nitrogen and oxygen atoms in total. The summed E-state index contributed by atoms with van der Waals surface area (Å²) in [6, 6.07) is 0. The Morgan fingerprint density at radius 2 is 2.35 bits per heavy atom. The van der Waals surface area contributed by atoms with Crippen molar-refractivity contribution in [2.45, 2.75) is 11.4 Å². The number of thioether (sulfide) groups is 1. The highest BCUT2D eigenvalue weighted by Gasteiger charge is 2.10. The standard InChI is InChI=1S/C10H10ClN5S/c1-16-6-13-8-7(16)9(15-10(11)14-8)17-5-3-2-4-12/h6H,2,4,12H2,1H3. The number of fused-ring (bicyclic) bond motifs is 1. The molecule has 7 heteroatoms. The maximum absolute atomic E-state index is 5.82. The van der Waals surface area contributed by atoms with Crippen molar-refractivity contribution in [2.24, 2.45) is 12.8 Å². The fourth-order valence-corrected chi connectivity index (χ4v) is 2.22. The fourth-order valence-electron chi connectivity index (χ4n) is 1.27. The molecule has 2 aromatic rings. The number of halogens is 1. The fraction of sp³-hybridized carbons (Fsp3) is 0.300. The molecule has 0 unspecified atom stereocenters. The van der Waals surface area contributed by atoms with Crippen LogP contribution in [0.2, 0.25) is 5.28 Å². The van der Waals surface area contributed by atoms with Crippen LogP contribution in [0.5, 0.6) is 0 Å². The Morgan fingerprint density at radius 1 is 1.53 bits per heavy atom. The third-order valence-corrected chi connectivity index (χ3v) is 2.89. The van der Waals surface area contributed by atoms with Crippen molar-refractivity contribution in [3.63, 3.8) is 0 Å². The summed E-state index contributed by atoms with van der Waals surface area (Å²) in [7, 11) is 1.88. The minimum Gasteiger partial charge on any atom is -0.330 e. The molecule has 17 heavy (non-hydrogen) atoms. The van der Waals surface area contributed by atoms with Crippen molar-refractivity contribution in [3.8, 4) is 11.2 Å². The van der Waals surface area contributed by atoms with Crippen LogP contribution < -0.4 is 5.73 Å². The summed E-state index contributed by atoms with van der Waals surface area (Å²) in [6.07, 6.45) is 2.34. The van der Waals surface area contributed by atoms with E-state index in [1.54, 1.807) is 6.33 Å². The highest BCUT2D eigenvalue weighted by molar-refractivity contribution is 8.04. The first kappa shape index (κ1) is 12.2. The molecule has 2 heterocycles. The highest BCUT2D eigenvalue weighted by Crippen LogP contribution is 2.24. The maximum atomic E-state index is 5.82. The van der Waals surface area contributed by atoms with Crippen molar-refractivity contribution >= 4 is 34.5 Å². The number of imidazole rings is 1. The van der Waals surface area contributed by atoms with E-state index in [0.29, 0.717) is 23.6 Å². The minimum atomic E-state index is 0.180. The normalized spacial score (nSPS) is 10.3. The predicted octanol–water partition coefficient (Wildman–Crippen LogP) is 1.42. The van der Waals surface area contributed by atoms with Gasteiger partial charge in [-0.15, -0.1) is 0 Å². The van der Waals surface area contributed by atoms with Gasteiger partial charge in [-0.2, -0.15) is 4.98 Å². The van der Waals surface area contributed by atoms with Crippen LogP contribution in [0.3, 0.4) is 0 Å². The predicted molar refractivity (Wildman–Crippen MR) is 68.6 cm³/mol. The number of hydrogen-bond donors (Lipinski definition) is 1. The van der Waals surface area contributed by atoms with Crippen LogP contribution in [-0.4, -0.2) is 26.1 Å². The lowest BCUT2D eigenvalue weighted by Gasteiger charge is -1.99. The quantitative estimate of drug-likeness (QED) is 0.386. The summed E-state index contributed by atoms with van der Waals surface area (Å²) in [5, 5.41) is 3.83. The van der Waals surface area contributed by atoms with E-state index < -0.39 is 0 Å². The zero-order chi connectivity index (χ0) is 12.3. The van der Waals surface area contributed by atoms with Gasteiger partial charge in [0, 0.05) is 20.0 Å². The summed E-state index contributed by atoms with van der Waals surface area (Å²) in [5.41, 5.74) is 6.77. The lowest BCUT2D eigenvalue weighted by atomic mass is 10.5. The molecule has 0 aromatic carbocycles. The molecule has 0 aliphatic carbocycles. The summed E-state index contributed by atoms with van der Waals surface area (Å²) in [5.74, 6) is 2.93. The number of nitrogens with zero attached hydrogens (tertiary/aromatic N) is 4. The number of aryl methyl sites for hydroxylation is 1. The molecule has 0 spiro atoms. The smallest absolute Gasteiger partial charge is 0.225 e. The first-order chi connectivity index (χ1) is 8.22. The van der Waals surface area contributed by atoms with Crippen molar-refractivity contribution in [2.75, 3.05) is 6.54 Å². The van der Waals surface area contributed by atoms with E-state index in [0.717, 1.165) is 5.52 Å². The molecule has 0 aliphatic rings. The second kappa shape index (κ2) is 5.36. The molecule has 0 radical (unpaired) electrons. The third-order valence-electron chi connectivity index (χ3n) is 2.00. The van der Waals surface area contributed by atoms with Gasteiger partial charge in [0.2, 0.25) is 5.28 Å². The third kappa shape index (κ3) is 2.69. The minimum absolute atomic E-state index is 0.180. The van der Waals surface area contributed by atoms with Gasteiger partial charge in [-0.05, 0) is 28.6 Å². The van der Waals surface area contributed by atoms with E-state index in [-0.39, 0.29) is 5.28 Å². The Kier molecular flexibility index (Phi) is 3.84. The lowest BCUT2D eigenvalue weighted by molar-refractivity contribution is 0.925. The molecule has 0 atom stereocenters. The molecule has 0 saturated heterocycles. The van der Waals surface area contributed by atoms with Gasteiger partial charge >= 0.3 is 0 Å². The number of aromatic nitrogens is 4. The van der Waals surface area contributed by atoms with Gasteiger partial charge in [-0.25, -0.2) is 9.97 Å². The van der Waals surface area contributed by atoms with Crippen LogP contribution in [-0.2, 0) is 7.05 Å². The van der Waals surface area contributed by atoms with E-state index in [4.69, 9.17) is 17.3 Å². The van der Waals surface area contributed by atoms with Gasteiger partial charge in [-0.1, -0.05) is 5.92 Å². The number of nitrogens with two attached hydrogens (primary N) is 1. The second-order valence-corrected chi connectivity index (χ2v) is 4.38. The molecule has 0 fully saturated rings. The van der Waals surface area contributed by atoms with Gasteiger partial charge in [0.05, 0.1) is 6.33 Å². The van der Waals surface area contributed by atoms with Gasteiger partial charge in [-0.3, -0.25) is 0 Å². The first-order valence-corrected chi connectivity index (χ1v) is 6.11. The first-order valence-electron chi connectivity index (χ1n) is 4.91. The Hall–Kier alpha value is -1.29. The Morgan fingerprint density at radius 3 is 3.12 bits per heavy atom. The molecule has 0 saturated carbocycles. The highest BCUT2D eigenvalue weighted by atomic mass is 35.5. The molecule has 88 valence electrons. The van der Waals surface area contributed by atoms with Gasteiger partial charge in [0.25, 0.3) is 0 Å². The lowest BCUT2D eigenvalue weighted by Crippen LogP contribution is -1.95. The average Bonchev–Trinajstić information content (AvgIpc) is 2.66. The topological polar surface area (TPSA) is 69.6 Å². The van der Waals surface area contributed by atoms with Crippen LogP contribution in [0.1, 0.15) is 6.42 Å². The van der Waals surface area contributed by atoms with Crippen molar-refractivity contribution in [1.82, 2.24) is 19.5 Å². The van der Waals surface area contributed by atoms with Crippen molar-refractivity contribution < 1.29 is 0 Å². The largest absolute Gasteiger partial charge is 0.330 e. The summed E-state index contributed by atoms with van der Waals surface area (Å²) in [4.78, 5) is 12.3. The zero-order valence-electron chi connectivity index (χ0n) is 9.14.